The Hall–Kier alpha value is -1.83. The van der Waals surface area contributed by atoms with Crippen molar-refractivity contribution in [2.45, 2.75) is 26.7 Å². The molecule has 2 nitrogen and oxygen atoms in total. The highest BCUT2D eigenvalue weighted by Crippen LogP contribution is 2.39. The van der Waals surface area contributed by atoms with Gasteiger partial charge < -0.3 is 4.74 Å². The summed E-state index contributed by atoms with van der Waals surface area (Å²) < 4.78 is 5.41. The summed E-state index contributed by atoms with van der Waals surface area (Å²) in [6.45, 7) is 7.92. The normalized spacial score (nSPS) is 19.5. The second kappa shape index (κ2) is 5.43. The third-order valence-corrected chi connectivity index (χ3v) is 3.88. The first kappa shape index (κ1) is 13.6. The molecule has 1 aliphatic carbocycles. The predicted octanol–water partition coefficient (Wildman–Crippen LogP) is 4.02. The van der Waals surface area contributed by atoms with E-state index in [-0.39, 0.29) is 11.7 Å². The molecular weight excluding hydrogens is 236 g/mol. The summed E-state index contributed by atoms with van der Waals surface area (Å²) in [5, 5.41) is 0. The van der Waals surface area contributed by atoms with E-state index < -0.39 is 0 Å². The van der Waals surface area contributed by atoms with Crippen LogP contribution in [0.15, 0.2) is 42.0 Å². The predicted molar refractivity (Wildman–Crippen MR) is 78.1 cm³/mol. The molecule has 2 rings (SSSR count). The quantitative estimate of drug-likeness (QED) is 0.763. The Balaban J connectivity index is 2.49. The fraction of sp³-hybridized carbons (Fsp3) is 0.353. The van der Waals surface area contributed by atoms with Crippen LogP contribution in [0.5, 0.6) is 5.75 Å². The average Bonchev–Trinajstić information content (AvgIpc) is 2.41. The summed E-state index contributed by atoms with van der Waals surface area (Å²) in [6, 6.07) is 7.88. The van der Waals surface area contributed by atoms with Crippen LogP contribution in [-0.2, 0) is 4.79 Å². The first-order valence-electron chi connectivity index (χ1n) is 6.56. The second-order valence-corrected chi connectivity index (χ2v) is 5.18. The van der Waals surface area contributed by atoms with Gasteiger partial charge in [-0.15, -0.1) is 0 Å². The van der Waals surface area contributed by atoms with Crippen molar-refractivity contribution in [3.63, 3.8) is 0 Å². The lowest BCUT2D eigenvalue weighted by Gasteiger charge is -2.26. The summed E-state index contributed by atoms with van der Waals surface area (Å²) in [5.41, 5.74) is 4.07. The molecule has 0 radical (unpaired) electrons. The highest BCUT2D eigenvalue weighted by molar-refractivity contribution is 6.04. The van der Waals surface area contributed by atoms with E-state index >= 15 is 0 Å². The molecular formula is C17H20O2. The van der Waals surface area contributed by atoms with Crippen molar-refractivity contribution in [3.05, 3.63) is 47.6 Å². The monoisotopic (exact) mass is 256 g/mol. The van der Waals surface area contributed by atoms with E-state index in [4.69, 9.17) is 4.74 Å². The first-order chi connectivity index (χ1) is 9.04. The second-order valence-electron chi connectivity index (χ2n) is 5.18. The number of benzene rings is 1. The van der Waals surface area contributed by atoms with Gasteiger partial charge >= 0.3 is 0 Å². The fourth-order valence-corrected chi connectivity index (χ4v) is 2.57. The summed E-state index contributed by atoms with van der Waals surface area (Å²) >= 11 is 0. The van der Waals surface area contributed by atoms with Gasteiger partial charge in [-0.25, -0.2) is 0 Å². The lowest BCUT2D eigenvalue weighted by atomic mass is 9.78. The molecule has 0 saturated heterocycles. The number of ketones is 1. The van der Waals surface area contributed by atoms with Gasteiger partial charge in [-0.05, 0) is 43.4 Å². The van der Waals surface area contributed by atoms with Crippen LogP contribution in [0.1, 0.15) is 32.3 Å². The van der Waals surface area contributed by atoms with Crippen molar-refractivity contribution in [3.8, 4) is 5.75 Å². The van der Waals surface area contributed by atoms with Gasteiger partial charge in [0.25, 0.3) is 0 Å². The van der Waals surface area contributed by atoms with Crippen LogP contribution in [0.25, 0.3) is 5.57 Å². The van der Waals surface area contributed by atoms with Crippen LogP contribution in [0.2, 0.25) is 0 Å². The SMILES string of the molecule is C=C(C)[C@H]1CC(=O)C(C)=C(c2ccccc2OC)C1. The van der Waals surface area contributed by atoms with E-state index in [1.807, 2.05) is 38.1 Å². The van der Waals surface area contributed by atoms with Crippen molar-refractivity contribution in [1.29, 1.82) is 0 Å². The van der Waals surface area contributed by atoms with E-state index in [1.54, 1.807) is 7.11 Å². The zero-order valence-corrected chi connectivity index (χ0v) is 11.8. The van der Waals surface area contributed by atoms with Gasteiger partial charge in [0.15, 0.2) is 5.78 Å². The largest absolute Gasteiger partial charge is 0.496 e. The molecule has 0 spiro atoms. The van der Waals surface area contributed by atoms with E-state index in [1.165, 1.54) is 0 Å². The number of carbonyl (C=O) groups is 1. The lowest BCUT2D eigenvalue weighted by molar-refractivity contribution is -0.116. The highest BCUT2D eigenvalue weighted by atomic mass is 16.5. The number of ether oxygens (including phenoxy) is 1. The number of rotatable bonds is 3. The molecule has 2 heteroatoms. The van der Waals surface area contributed by atoms with E-state index in [0.29, 0.717) is 6.42 Å². The number of hydrogen-bond acceptors (Lipinski definition) is 2. The number of para-hydroxylation sites is 1. The maximum atomic E-state index is 12.2. The number of Topliss-reactive ketones (excluding diaryl/α,β-unsaturated/α-hetero) is 1. The van der Waals surface area contributed by atoms with Crippen molar-refractivity contribution in [1.82, 2.24) is 0 Å². The topological polar surface area (TPSA) is 26.3 Å². The molecule has 0 heterocycles. The Morgan fingerprint density at radius 3 is 2.63 bits per heavy atom. The number of carbonyl (C=O) groups excluding carboxylic acids is 1. The molecule has 0 aromatic heterocycles. The van der Waals surface area contributed by atoms with Gasteiger partial charge in [0.05, 0.1) is 7.11 Å². The molecule has 0 saturated carbocycles. The molecule has 0 amide bonds. The maximum Gasteiger partial charge on any atom is 0.159 e. The van der Waals surface area contributed by atoms with Gasteiger partial charge in [0.1, 0.15) is 5.75 Å². The van der Waals surface area contributed by atoms with E-state index in [0.717, 1.165) is 34.5 Å². The third-order valence-electron chi connectivity index (χ3n) is 3.88. The van der Waals surface area contributed by atoms with Crippen molar-refractivity contribution in [2.24, 2.45) is 5.92 Å². The van der Waals surface area contributed by atoms with Gasteiger partial charge in [-0.2, -0.15) is 0 Å². The minimum absolute atomic E-state index is 0.222. The zero-order valence-electron chi connectivity index (χ0n) is 11.8. The zero-order chi connectivity index (χ0) is 14.0. The standard InChI is InChI=1S/C17H20O2/c1-11(2)13-9-15(12(3)16(18)10-13)14-7-5-6-8-17(14)19-4/h5-8,13H,1,9-10H2,2-4H3/t13-/m1/s1. The summed E-state index contributed by atoms with van der Waals surface area (Å²) in [7, 11) is 1.66. The van der Waals surface area contributed by atoms with Crippen LogP contribution in [-0.4, -0.2) is 12.9 Å². The number of hydrogen-bond donors (Lipinski definition) is 0. The molecule has 0 unspecified atom stereocenters. The molecule has 1 aromatic rings. The van der Waals surface area contributed by atoms with Crippen LogP contribution >= 0.6 is 0 Å². The maximum absolute atomic E-state index is 12.2. The molecule has 1 aromatic carbocycles. The molecule has 0 aliphatic heterocycles. The Bertz CT molecular complexity index is 552. The highest BCUT2D eigenvalue weighted by Gasteiger charge is 2.27. The molecule has 0 N–H and O–H groups in total. The molecule has 1 aliphatic rings. The molecule has 100 valence electrons. The van der Waals surface area contributed by atoms with Crippen molar-refractivity contribution in [2.75, 3.05) is 7.11 Å². The van der Waals surface area contributed by atoms with E-state index in [9.17, 15) is 4.79 Å². The van der Waals surface area contributed by atoms with Crippen molar-refractivity contribution >= 4 is 11.4 Å². The molecule has 19 heavy (non-hydrogen) atoms. The Morgan fingerprint density at radius 1 is 1.32 bits per heavy atom. The van der Waals surface area contributed by atoms with Crippen LogP contribution in [0.3, 0.4) is 0 Å². The lowest BCUT2D eigenvalue weighted by Crippen LogP contribution is -2.18. The Kier molecular flexibility index (Phi) is 3.89. The minimum atomic E-state index is 0.222. The summed E-state index contributed by atoms with van der Waals surface area (Å²) in [6.07, 6.45) is 1.45. The van der Waals surface area contributed by atoms with Crippen LogP contribution in [0, 0.1) is 5.92 Å². The average molecular weight is 256 g/mol. The smallest absolute Gasteiger partial charge is 0.159 e. The van der Waals surface area contributed by atoms with Gasteiger partial charge in [-0.3, -0.25) is 4.79 Å². The van der Waals surface area contributed by atoms with Gasteiger partial charge in [0.2, 0.25) is 0 Å². The Morgan fingerprint density at radius 2 is 2.00 bits per heavy atom. The van der Waals surface area contributed by atoms with Crippen LogP contribution < -0.4 is 4.74 Å². The first-order valence-corrected chi connectivity index (χ1v) is 6.56. The van der Waals surface area contributed by atoms with Crippen LogP contribution in [0.4, 0.5) is 0 Å². The number of allylic oxidation sites excluding steroid dienone is 3. The Labute approximate surface area is 114 Å². The minimum Gasteiger partial charge on any atom is -0.496 e. The van der Waals surface area contributed by atoms with Gasteiger partial charge in [-0.1, -0.05) is 30.4 Å². The van der Waals surface area contributed by atoms with Crippen molar-refractivity contribution < 1.29 is 9.53 Å². The fourth-order valence-electron chi connectivity index (χ4n) is 2.57. The summed E-state index contributed by atoms with van der Waals surface area (Å²) in [4.78, 5) is 12.2. The molecule has 0 bridgehead atoms. The summed E-state index contributed by atoms with van der Waals surface area (Å²) in [5.74, 6) is 1.29. The molecule has 1 atom stereocenters. The number of methoxy groups -OCH3 is 1. The van der Waals surface area contributed by atoms with Gasteiger partial charge in [0, 0.05) is 12.0 Å². The molecule has 0 fully saturated rings. The van der Waals surface area contributed by atoms with E-state index in [2.05, 4.69) is 6.58 Å². The third kappa shape index (κ3) is 2.62.